The number of benzene rings is 2. The lowest BCUT2D eigenvalue weighted by Crippen LogP contribution is -1.97. The van der Waals surface area contributed by atoms with Crippen molar-refractivity contribution >= 4 is 22.5 Å². The van der Waals surface area contributed by atoms with E-state index in [9.17, 15) is 9.90 Å². The van der Waals surface area contributed by atoms with Crippen molar-refractivity contribution in [1.82, 2.24) is 4.57 Å². The fraction of sp³-hybridized carbons (Fsp3) is 0.348. The van der Waals surface area contributed by atoms with Crippen LogP contribution in [0, 0.1) is 6.92 Å². The minimum absolute atomic E-state index is 0.0799. The maximum Gasteiger partial charge on any atom is 0.265 e. The number of carbonyl (C=O) groups excluding carboxylic acids is 1. The van der Waals surface area contributed by atoms with E-state index >= 15 is 0 Å². The monoisotopic (exact) mass is 377 g/mol. The van der Waals surface area contributed by atoms with Crippen LogP contribution in [0.15, 0.2) is 58.8 Å². The molecule has 0 fully saturated rings. The van der Waals surface area contributed by atoms with Gasteiger partial charge in [0.2, 0.25) is 5.88 Å². The number of amides is 1. The Morgan fingerprint density at radius 1 is 1.11 bits per heavy atom. The number of nitrogens with zero attached hydrogens (tertiary/aromatic N) is 3. The van der Waals surface area contributed by atoms with Crippen molar-refractivity contribution in [3.8, 4) is 5.88 Å². The van der Waals surface area contributed by atoms with E-state index < -0.39 is 0 Å². The second-order valence-corrected chi connectivity index (χ2v) is 7.13. The molecule has 0 radical (unpaired) electrons. The Hall–Kier alpha value is -2.95. The van der Waals surface area contributed by atoms with Gasteiger partial charge in [-0.1, -0.05) is 61.7 Å². The third kappa shape index (κ3) is 4.66. The van der Waals surface area contributed by atoms with E-state index in [1.807, 2.05) is 60.0 Å². The first kappa shape index (κ1) is 19.8. The number of hydrogen-bond acceptors (Lipinski definition) is 3. The second-order valence-electron chi connectivity index (χ2n) is 7.13. The number of aromatic hydroxyl groups is 1. The van der Waals surface area contributed by atoms with Crippen molar-refractivity contribution in [1.29, 1.82) is 0 Å². The number of aryl methyl sites for hydroxylation is 3. The van der Waals surface area contributed by atoms with Gasteiger partial charge in [-0.2, -0.15) is 0 Å². The SMILES string of the molecule is CCCCCn1c(O)c(N=NC(=O)CCc2ccccc2)c2cc(C)ccc21. The molecule has 0 atom stereocenters. The molecule has 2 aromatic carbocycles. The highest BCUT2D eigenvalue weighted by Gasteiger charge is 2.17. The van der Waals surface area contributed by atoms with Crippen LogP contribution in [0.4, 0.5) is 5.69 Å². The molecule has 3 rings (SSSR count). The standard InChI is InChI=1S/C23H27N3O2/c1-3-4-8-15-26-20-13-11-17(2)16-19(20)22(23(26)28)25-24-21(27)14-12-18-9-6-5-7-10-18/h5-7,9-11,13,16,28H,3-4,8,12,14-15H2,1-2H3. The summed E-state index contributed by atoms with van der Waals surface area (Å²) in [7, 11) is 0. The third-order valence-corrected chi connectivity index (χ3v) is 4.88. The smallest absolute Gasteiger partial charge is 0.265 e. The van der Waals surface area contributed by atoms with Crippen molar-refractivity contribution in [2.24, 2.45) is 10.2 Å². The number of carbonyl (C=O) groups is 1. The second kappa shape index (κ2) is 9.31. The van der Waals surface area contributed by atoms with Crippen LogP contribution < -0.4 is 0 Å². The van der Waals surface area contributed by atoms with E-state index in [1.165, 1.54) is 0 Å². The molecule has 5 nitrogen and oxygen atoms in total. The van der Waals surface area contributed by atoms with Crippen LogP contribution in [0.5, 0.6) is 5.88 Å². The molecular weight excluding hydrogens is 350 g/mol. The summed E-state index contributed by atoms with van der Waals surface area (Å²) in [5, 5.41) is 19.6. The normalized spacial score (nSPS) is 11.5. The molecule has 3 aromatic rings. The summed E-state index contributed by atoms with van der Waals surface area (Å²) >= 11 is 0. The minimum Gasteiger partial charge on any atom is -0.493 e. The van der Waals surface area contributed by atoms with Crippen molar-refractivity contribution in [3.05, 3.63) is 59.7 Å². The van der Waals surface area contributed by atoms with Crippen LogP contribution in [0.3, 0.4) is 0 Å². The summed E-state index contributed by atoms with van der Waals surface area (Å²) in [4.78, 5) is 12.2. The molecule has 1 aromatic heterocycles. The van der Waals surface area contributed by atoms with Gasteiger partial charge in [0.15, 0.2) is 5.69 Å². The van der Waals surface area contributed by atoms with Crippen LogP contribution in [0.25, 0.3) is 10.9 Å². The van der Waals surface area contributed by atoms with Gasteiger partial charge in [-0.3, -0.25) is 4.79 Å². The zero-order valence-electron chi connectivity index (χ0n) is 16.6. The van der Waals surface area contributed by atoms with E-state index in [4.69, 9.17) is 0 Å². The molecule has 28 heavy (non-hydrogen) atoms. The van der Waals surface area contributed by atoms with Gasteiger partial charge in [-0.25, -0.2) is 0 Å². The molecule has 1 N–H and O–H groups in total. The summed E-state index contributed by atoms with van der Waals surface area (Å²) in [6.07, 6.45) is 4.11. The largest absolute Gasteiger partial charge is 0.493 e. The van der Waals surface area contributed by atoms with Crippen LogP contribution >= 0.6 is 0 Å². The first-order chi connectivity index (χ1) is 13.6. The van der Waals surface area contributed by atoms with Gasteiger partial charge < -0.3 is 9.67 Å². The average Bonchev–Trinajstić information content (AvgIpc) is 2.96. The Morgan fingerprint density at radius 3 is 2.64 bits per heavy atom. The molecule has 0 aliphatic rings. The van der Waals surface area contributed by atoms with E-state index in [0.717, 1.165) is 47.8 Å². The lowest BCUT2D eigenvalue weighted by Gasteiger charge is -2.06. The predicted octanol–water partition coefficient (Wildman–Crippen LogP) is 6.09. The molecular formula is C23H27N3O2. The lowest BCUT2D eigenvalue weighted by molar-refractivity contribution is -0.118. The van der Waals surface area contributed by atoms with Gasteiger partial charge in [-0.05, 0) is 37.5 Å². The van der Waals surface area contributed by atoms with Gasteiger partial charge in [0.05, 0.1) is 5.52 Å². The highest BCUT2D eigenvalue weighted by molar-refractivity contribution is 5.95. The van der Waals surface area contributed by atoms with Crippen molar-refractivity contribution < 1.29 is 9.90 Å². The maximum absolute atomic E-state index is 12.2. The summed E-state index contributed by atoms with van der Waals surface area (Å²) in [5.74, 6) is -0.209. The Morgan fingerprint density at radius 2 is 1.89 bits per heavy atom. The molecule has 0 spiro atoms. The van der Waals surface area contributed by atoms with E-state index in [2.05, 4.69) is 17.2 Å². The van der Waals surface area contributed by atoms with Crippen molar-refractivity contribution in [3.63, 3.8) is 0 Å². The lowest BCUT2D eigenvalue weighted by atomic mass is 10.1. The third-order valence-electron chi connectivity index (χ3n) is 4.88. The summed E-state index contributed by atoms with van der Waals surface area (Å²) < 4.78 is 1.87. The number of unbranched alkanes of at least 4 members (excludes halogenated alkanes) is 2. The quantitative estimate of drug-likeness (QED) is 0.381. The molecule has 0 unspecified atom stereocenters. The molecule has 5 heteroatoms. The molecule has 1 heterocycles. The van der Waals surface area contributed by atoms with Gasteiger partial charge in [0.1, 0.15) is 0 Å². The van der Waals surface area contributed by atoms with Crippen molar-refractivity contribution in [2.45, 2.75) is 52.5 Å². The Bertz CT molecular complexity index is 974. The van der Waals surface area contributed by atoms with Crippen LogP contribution in [0.2, 0.25) is 0 Å². The summed E-state index contributed by atoms with van der Waals surface area (Å²) in [6, 6.07) is 15.8. The van der Waals surface area contributed by atoms with Gasteiger partial charge >= 0.3 is 0 Å². The van der Waals surface area contributed by atoms with Crippen molar-refractivity contribution in [2.75, 3.05) is 0 Å². The van der Waals surface area contributed by atoms with E-state index in [1.54, 1.807) is 0 Å². The van der Waals surface area contributed by atoms with Crippen LogP contribution in [-0.4, -0.2) is 15.6 Å². The molecule has 0 saturated carbocycles. The van der Waals surface area contributed by atoms with Gasteiger partial charge in [0.25, 0.3) is 5.91 Å². The highest BCUT2D eigenvalue weighted by Crippen LogP contribution is 2.39. The maximum atomic E-state index is 12.2. The first-order valence-corrected chi connectivity index (χ1v) is 9.90. The molecule has 146 valence electrons. The van der Waals surface area contributed by atoms with Crippen LogP contribution in [0.1, 0.15) is 43.7 Å². The molecule has 0 saturated heterocycles. The molecule has 0 aliphatic heterocycles. The zero-order valence-corrected chi connectivity index (χ0v) is 16.6. The fourth-order valence-corrected chi connectivity index (χ4v) is 3.33. The Labute approximate surface area is 165 Å². The highest BCUT2D eigenvalue weighted by atomic mass is 16.3. The number of fused-ring (bicyclic) bond motifs is 1. The number of rotatable bonds is 8. The van der Waals surface area contributed by atoms with Gasteiger partial charge in [-0.15, -0.1) is 10.2 Å². The average molecular weight is 377 g/mol. The number of azo groups is 1. The fourth-order valence-electron chi connectivity index (χ4n) is 3.33. The number of aromatic nitrogens is 1. The summed E-state index contributed by atoms with van der Waals surface area (Å²) in [6.45, 7) is 4.87. The predicted molar refractivity (Wildman–Crippen MR) is 112 cm³/mol. The molecule has 0 aliphatic carbocycles. The topological polar surface area (TPSA) is 66.9 Å². The molecule has 0 bridgehead atoms. The van der Waals surface area contributed by atoms with Crippen LogP contribution in [-0.2, 0) is 17.8 Å². The zero-order chi connectivity index (χ0) is 19.9. The minimum atomic E-state index is -0.289. The van der Waals surface area contributed by atoms with Gasteiger partial charge in [0, 0.05) is 18.4 Å². The van der Waals surface area contributed by atoms with E-state index in [0.29, 0.717) is 18.5 Å². The first-order valence-electron chi connectivity index (χ1n) is 9.90. The Kier molecular flexibility index (Phi) is 6.58. The van der Waals surface area contributed by atoms with E-state index in [-0.39, 0.29) is 11.8 Å². The summed E-state index contributed by atoms with van der Waals surface area (Å²) in [5.41, 5.74) is 3.47. The molecule has 1 amide bonds. The number of hydrogen-bond donors (Lipinski definition) is 1. The Balaban J connectivity index is 1.81.